The summed E-state index contributed by atoms with van der Waals surface area (Å²) in [5, 5.41) is 4.03. The Kier molecular flexibility index (Phi) is 5.78. The molecule has 146 valence electrons. The molecule has 0 unspecified atom stereocenters. The highest BCUT2D eigenvalue weighted by atomic mass is 16.5. The monoisotopic (exact) mass is 379 g/mol. The van der Waals surface area contributed by atoms with Crippen LogP contribution in [0.5, 0.6) is 5.75 Å². The van der Waals surface area contributed by atoms with Crippen LogP contribution in [0.15, 0.2) is 40.9 Å². The number of benzene rings is 2. The Hall–Kier alpha value is -3.15. The van der Waals surface area contributed by atoms with Crippen molar-refractivity contribution < 1.29 is 14.1 Å². The Bertz CT molecular complexity index is 977. The highest BCUT2D eigenvalue weighted by Crippen LogP contribution is 2.21. The summed E-state index contributed by atoms with van der Waals surface area (Å²) in [5.74, 6) is 1.60. The zero-order chi connectivity index (χ0) is 20.3. The number of aromatic nitrogens is 2. The summed E-state index contributed by atoms with van der Waals surface area (Å²) in [7, 11) is 1.73. The van der Waals surface area contributed by atoms with E-state index in [-0.39, 0.29) is 12.5 Å². The molecule has 0 radical (unpaired) electrons. The van der Waals surface area contributed by atoms with E-state index in [4.69, 9.17) is 9.26 Å². The van der Waals surface area contributed by atoms with Crippen LogP contribution in [0, 0.1) is 20.8 Å². The normalized spacial score (nSPS) is 10.8. The zero-order valence-corrected chi connectivity index (χ0v) is 16.9. The lowest BCUT2D eigenvalue weighted by molar-refractivity contribution is 0.0768. The molecule has 1 heterocycles. The highest BCUT2D eigenvalue weighted by Gasteiger charge is 2.18. The van der Waals surface area contributed by atoms with Gasteiger partial charge in [-0.3, -0.25) is 4.79 Å². The van der Waals surface area contributed by atoms with Gasteiger partial charge in [-0.25, -0.2) is 0 Å². The van der Waals surface area contributed by atoms with Crippen LogP contribution < -0.4 is 4.74 Å². The third-order valence-corrected chi connectivity index (χ3v) is 4.68. The number of carbonyl (C=O) groups is 1. The molecule has 6 nitrogen and oxygen atoms in total. The maximum atomic E-state index is 12.8. The second kappa shape index (κ2) is 8.25. The Morgan fingerprint density at radius 1 is 1.07 bits per heavy atom. The van der Waals surface area contributed by atoms with Crippen LogP contribution in [0.3, 0.4) is 0 Å². The molecule has 0 fully saturated rings. The van der Waals surface area contributed by atoms with E-state index in [1.807, 2.05) is 64.1 Å². The molecular weight excluding hydrogens is 354 g/mol. The van der Waals surface area contributed by atoms with Crippen LogP contribution in [0.25, 0.3) is 11.4 Å². The molecule has 1 amide bonds. The Morgan fingerprint density at radius 2 is 1.75 bits per heavy atom. The lowest BCUT2D eigenvalue weighted by atomic mass is 10.00. The van der Waals surface area contributed by atoms with E-state index < -0.39 is 0 Å². The van der Waals surface area contributed by atoms with Crippen LogP contribution in [-0.2, 0) is 6.54 Å². The summed E-state index contributed by atoms with van der Waals surface area (Å²) < 4.78 is 10.8. The van der Waals surface area contributed by atoms with Gasteiger partial charge >= 0.3 is 0 Å². The molecule has 0 aliphatic carbocycles. The molecule has 0 saturated heterocycles. The summed E-state index contributed by atoms with van der Waals surface area (Å²) in [6.07, 6.45) is 0. The van der Waals surface area contributed by atoms with Crippen molar-refractivity contribution in [3.63, 3.8) is 0 Å². The van der Waals surface area contributed by atoms with Crippen LogP contribution in [-0.4, -0.2) is 34.6 Å². The van der Waals surface area contributed by atoms with Gasteiger partial charge in [-0.15, -0.1) is 0 Å². The molecule has 3 rings (SSSR count). The van der Waals surface area contributed by atoms with Crippen LogP contribution in [0.1, 0.15) is 39.9 Å². The predicted octanol–water partition coefficient (Wildman–Crippen LogP) is 4.33. The molecule has 0 saturated carbocycles. The molecule has 0 atom stereocenters. The molecule has 28 heavy (non-hydrogen) atoms. The van der Waals surface area contributed by atoms with Crippen LogP contribution in [0.4, 0.5) is 0 Å². The first-order valence-corrected chi connectivity index (χ1v) is 9.28. The van der Waals surface area contributed by atoms with Crippen LogP contribution >= 0.6 is 0 Å². The highest BCUT2D eigenvalue weighted by molar-refractivity contribution is 5.95. The Balaban J connectivity index is 1.72. The quantitative estimate of drug-likeness (QED) is 0.637. The van der Waals surface area contributed by atoms with E-state index in [1.165, 1.54) is 5.56 Å². The van der Waals surface area contributed by atoms with Crippen LogP contribution in [0.2, 0.25) is 0 Å². The molecule has 0 N–H and O–H groups in total. The molecule has 1 aromatic heterocycles. The largest absolute Gasteiger partial charge is 0.494 e. The number of nitrogens with zero attached hydrogens (tertiary/aromatic N) is 3. The minimum atomic E-state index is -0.0681. The average Bonchev–Trinajstić information content (AvgIpc) is 3.13. The second-order valence-electron chi connectivity index (χ2n) is 6.88. The van der Waals surface area contributed by atoms with E-state index in [9.17, 15) is 4.79 Å². The maximum Gasteiger partial charge on any atom is 0.254 e. The van der Waals surface area contributed by atoms with Crippen molar-refractivity contribution in [2.75, 3.05) is 13.7 Å². The van der Waals surface area contributed by atoms with Crippen molar-refractivity contribution in [2.45, 2.75) is 34.2 Å². The van der Waals surface area contributed by atoms with Gasteiger partial charge in [-0.05, 0) is 74.7 Å². The molecule has 6 heteroatoms. The van der Waals surface area contributed by atoms with Gasteiger partial charge in [0.15, 0.2) is 0 Å². The molecular formula is C22H25N3O3. The lowest BCUT2D eigenvalue weighted by Crippen LogP contribution is -2.27. The molecule has 0 aliphatic rings. The van der Waals surface area contributed by atoms with Gasteiger partial charge in [-0.1, -0.05) is 11.2 Å². The third-order valence-electron chi connectivity index (χ3n) is 4.68. The van der Waals surface area contributed by atoms with Crippen molar-refractivity contribution in [1.29, 1.82) is 0 Å². The maximum absolute atomic E-state index is 12.8. The number of carbonyl (C=O) groups excluding carboxylic acids is 1. The smallest absolute Gasteiger partial charge is 0.254 e. The fourth-order valence-electron chi connectivity index (χ4n) is 2.97. The topological polar surface area (TPSA) is 68.5 Å². The fraction of sp³-hybridized carbons (Fsp3) is 0.318. The molecule has 2 aromatic carbocycles. The van der Waals surface area contributed by atoms with E-state index in [1.54, 1.807) is 11.9 Å². The van der Waals surface area contributed by atoms with Crippen molar-refractivity contribution >= 4 is 5.91 Å². The van der Waals surface area contributed by atoms with Gasteiger partial charge in [0.1, 0.15) is 5.75 Å². The van der Waals surface area contributed by atoms with Gasteiger partial charge in [0, 0.05) is 18.2 Å². The fourth-order valence-corrected chi connectivity index (χ4v) is 2.97. The number of rotatable bonds is 6. The van der Waals surface area contributed by atoms with Gasteiger partial charge in [-0.2, -0.15) is 4.98 Å². The third kappa shape index (κ3) is 4.22. The summed E-state index contributed by atoms with van der Waals surface area (Å²) >= 11 is 0. The Labute approximate surface area is 165 Å². The lowest BCUT2D eigenvalue weighted by Gasteiger charge is -2.17. The zero-order valence-electron chi connectivity index (χ0n) is 16.9. The summed E-state index contributed by atoms with van der Waals surface area (Å²) in [6, 6.07) is 11.5. The first kappa shape index (κ1) is 19.6. The molecule has 3 aromatic rings. The summed E-state index contributed by atoms with van der Waals surface area (Å²) in [4.78, 5) is 18.8. The second-order valence-corrected chi connectivity index (χ2v) is 6.88. The standard InChI is InChI=1S/C22H25N3O3/c1-6-27-18-9-7-17(8-10-18)21-23-20(28-24-21)13-25(5)22(26)19-12-15(3)14(2)11-16(19)4/h7-12H,6,13H2,1-5H3. The van der Waals surface area contributed by atoms with E-state index in [2.05, 4.69) is 10.1 Å². The van der Waals surface area contributed by atoms with Crippen molar-refractivity contribution in [3.05, 3.63) is 64.5 Å². The molecule has 0 aliphatic heterocycles. The summed E-state index contributed by atoms with van der Waals surface area (Å²) in [6.45, 7) is 8.80. The van der Waals surface area contributed by atoms with Gasteiger partial charge in [0.2, 0.25) is 11.7 Å². The number of hydrogen-bond donors (Lipinski definition) is 0. The minimum absolute atomic E-state index is 0.0681. The summed E-state index contributed by atoms with van der Waals surface area (Å²) in [5.41, 5.74) is 4.75. The Morgan fingerprint density at radius 3 is 2.43 bits per heavy atom. The number of amides is 1. The molecule has 0 bridgehead atoms. The number of ether oxygens (including phenoxy) is 1. The molecule has 0 spiro atoms. The van der Waals surface area contributed by atoms with E-state index in [0.717, 1.165) is 22.4 Å². The van der Waals surface area contributed by atoms with Crippen molar-refractivity contribution in [1.82, 2.24) is 15.0 Å². The predicted molar refractivity (Wildman–Crippen MR) is 107 cm³/mol. The van der Waals surface area contributed by atoms with Gasteiger partial charge in [0.05, 0.1) is 13.2 Å². The first-order valence-electron chi connectivity index (χ1n) is 9.28. The SMILES string of the molecule is CCOc1ccc(-c2noc(CN(C)C(=O)c3cc(C)c(C)cc3C)n2)cc1. The van der Waals surface area contributed by atoms with Crippen molar-refractivity contribution in [3.8, 4) is 17.1 Å². The minimum Gasteiger partial charge on any atom is -0.494 e. The number of aryl methyl sites for hydroxylation is 3. The average molecular weight is 379 g/mol. The van der Waals surface area contributed by atoms with E-state index in [0.29, 0.717) is 23.9 Å². The van der Waals surface area contributed by atoms with Gasteiger partial charge in [0.25, 0.3) is 5.91 Å². The van der Waals surface area contributed by atoms with Gasteiger partial charge < -0.3 is 14.2 Å². The number of hydrogen-bond acceptors (Lipinski definition) is 5. The van der Waals surface area contributed by atoms with E-state index >= 15 is 0 Å². The first-order chi connectivity index (χ1) is 13.4. The van der Waals surface area contributed by atoms with Crippen molar-refractivity contribution in [2.24, 2.45) is 0 Å².